The Morgan fingerprint density at radius 1 is 0.975 bits per heavy atom. The number of rotatable bonds is 11. The van der Waals surface area contributed by atoms with Crippen molar-refractivity contribution in [1.29, 1.82) is 0 Å². The average molecular weight is 551 g/mol. The number of Topliss-reactive ketones (excluding diaryl/α,β-unsaturated/α-hetero) is 1. The number of carbonyl (C=O) groups is 2. The van der Waals surface area contributed by atoms with Crippen molar-refractivity contribution in [3.63, 3.8) is 0 Å². The van der Waals surface area contributed by atoms with Crippen molar-refractivity contribution in [2.24, 2.45) is 0 Å². The smallest absolute Gasteiger partial charge is 0.172 e. The summed E-state index contributed by atoms with van der Waals surface area (Å²) in [6.07, 6.45) is 2.83. The molecule has 10 nitrogen and oxygen atoms in total. The molecule has 3 aromatic rings. The van der Waals surface area contributed by atoms with Gasteiger partial charge in [-0.05, 0) is 59.7 Å². The van der Waals surface area contributed by atoms with Crippen LogP contribution in [-0.4, -0.2) is 67.0 Å². The van der Waals surface area contributed by atoms with E-state index < -0.39 is 30.3 Å². The van der Waals surface area contributed by atoms with Gasteiger partial charge in [-0.1, -0.05) is 6.08 Å². The maximum atomic E-state index is 13.5. The van der Waals surface area contributed by atoms with Gasteiger partial charge in [-0.3, -0.25) is 9.59 Å². The predicted molar refractivity (Wildman–Crippen MR) is 145 cm³/mol. The van der Waals surface area contributed by atoms with E-state index in [1.54, 1.807) is 24.3 Å². The minimum atomic E-state index is -1.20. The molecular formula is C30H30O10. The van der Waals surface area contributed by atoms with Crippen molar-refractivity contribution in [1.82, 2.24) is 0 Å². The summed E-state index contributed by atoms with van der Waals surface area (Å²) >= 11 is 0. The fraction of sp³-hybridized carbons (Fsp3) is 0.267. The first-order chi connectivity index (χ1) is 19.3. The van der Waals surface area contributed by atoms with Crippen molar-refractivity contribution in [2.75, 3.05) is 34.5 Å². The van der Waals surface area contributed by atoms with Crippen molar-refractivity contribution in [3.05, 3.63) is 76.4 Å². The van der Waals surface area contributed by atoms with Gasteiger partial charge in [0.25, 0.3) is 0 Å². The second-order valence-corrected chi connectivity index (χ2v) is 9.11. The van der Waals surface area contributed by atoms with E-state index in [1.165, 1.54) is 51.7 Å². The summed E-state index contributed by atoms with van der Waals surface area (Å²) in [4.78, 5) is 24.3. The van der Waals surface area contributed by atoms with Gasteiger partial charge in [0.05, 0.1) is 46.4 Å². The third-order valence-electron chi connectivity index (χ3n) is 6.91. The molecule has 1 heterocycles. The number of methoxy groups -OCH3 is 3. The molecule has 0 aromatic heterocycles. The van der Waals surface area contributed by atoms with Crippen LogP contribution >= 0.6 is 0 Å². The number of phenolic OH excluding ortho intramolecular Hbond substituents is 2. The van der Waals surface area contributed by atoms with Crippen LogP contribution in [0.15, 0.2) is 48.5 Å². The number of fused-ring (bicyclic) bond motifs is 1. The summed E-state index contributed by atoms with van der Waals surface area (Å²) in [6.45, 7) is -0.951. The van der Waals surface area contributed by atoms with Gasteiger partial charge in [0.2, 0.25) is 0 Å². The molecule has 0 amide bonds. The Bertz CT molecular complexity index is 1440. The molecule has 10 heteroatoms. The van der Waals surface area contributed by atoms with Crippen molar-refractivity contribution < 1.29 is 49.0 Å². The number of ketones is 1. The molecule has 0 fully saturated rings. The lowest BCUT2D eigenvalue weighted by Gasteiger charge is -2.23. The first-order valence-corrected chi connectivity index (χ1v) is 12.4. The molecule has 0 bridgehead atoms. The van der Waals surface area contributed by atoms with E-state index in [9.17, 15) is 30.0 Å². The molecule has 1 aliphatic heterocycles. The van der Waals surface area contributed by atoms with E-state index in [-0.39, 0.29) is 40.7 Å². The number of aliphatic hydroxyl groups is 2. The largest absolute Gasteiger partial charge is 0.504 e. The number of phenols is 2. The maximum absolute atomic E-state index is 13.5. The minimum Gasteiger partial charge on any atom is -0.504 e. The zero-order chi connectivity index (χ0) is 29.0. The van der Waals surface area contributed by atoms with Crippen molar-refractivity contribution >= 4 is 18.1 Å². The highest BCUT2D eigenvalue weighted by Gasteiger charge is 2.39. The molecule has 4 N–H and O–H groups in total. The Kier molecular flexibility index (Phi) is 8.61. The van der Waals surface area contributed by atoms with E-state index >= 15 is 0 Å². The van der Waals surface area contributed by atoms with Gasteiger partial charge >= 0.3 is 0 Å². The first kappa shape index (κ1) is 28.5. The zero-order valence-corrected chi connectivity index (χ0v) is 22.2. The molecule has 40 heavy (non-hydrogen) atoms. The van der Waals surface area contributed by atoms with E-state index in [0.29, 0.717) is 34.5 Å². The lowest BCUT2D eigenvalue weighted by Crippen LogP contribution is -2.19. The normalized spacial score (nSPS) is 16.7. The molecular weight excluding hydrogens is 520 g/mol. The van der Waals surface area contributed by atoms with Crippen LogP contribution in [0.3, 0.4) is 0 Å². The number of aldehydes is 1. The predicted octanol–water partition coefficient (Wildman–Crippen LogP) is 3.50. The molecule has 0 aliphatic carbocycles. The first-order valence-electron chi connectivity index (χ1n) is 12.4. The summed E-state index contributed by atoms with van der Waals surface area (Å²) in [5.74, 6) is -1.85. The molecule has 210 valence electrons. The van der Waals surface area contributed by atoms with Crippen molar-refractivity contribution in [3.8, 4) is 34.5 Å². The van der Waals surface area contributed by atoms with Crippen LogP contribution in [0.2, 0.25) is 0 Å². The van der Waals surface area contributed by atoms with Gasteiger partial charge < -0.3 is 39.4 Å². The van der Waals surface area contributed by atoms with Crippen LogP contribution in [0.25, 0.3) is 6.08 Å². The van der Waals surface area contributed by atoms with Crippen LogP contribution in [0.1, 0.15) is 50.6 Å². The van der Waals surface area contributed by atoms with Crippen LogP contribution in [0.4, 0.5) is 0 Å². The van der Waals surface area contributed by atoms with Crippen molar-refractivity contribution in [2.45, 2.75) is 17.9 Å². The minimum absolute atomic E-state index is 0.0415. The molecule has 0 saturated carbocycles. The Morgan fingerprint density at radius 2 is 1.70 bits per heavy atom. The average Bonchev–Trinajstić information content (AvgIpc) is 3.35. The molecule has 0 radical (unpaired) electrons. The monoisotopic (exact) mass is 550 g/mol. The summed E-state index contributed by atoms with van der Waals surface area (Å²) in [6, 6.07) is 10.6. The Labute approximate surface area is 230 Å². The summed E-state index contributed by atoms with van der Waals surface area (Å²) in [7, 11) is 4.18. The highest BCUT2D eigenvalue weighted by molar-refractivity contribution is 6.02. The highest BCUT2D eigenvalue weighted by Crippen LogP contribution is 2.52. The fourth-order valence-corrected chi connectivity index (χ4v) is 4.90. The van der Waals surface area contributed by atoms with Crippen LogP contribution < -0.4 is 18.9 Å². The van der Waals surface area contributed by atoms with Gasteiger partial charge in [0.1, 0.15) is 12.4 Å². The summed E-state index contributed by atoms with van der Waals surface area (Å²) < 4.78 is 22.3. The Balaban J connectivity index is 1.80. The molecule has 0 saturated heterocycles. The van der Waals surface area contributed by atoms with Gasteiger partial charge in [-0.15, -0.1) is 0 Å². The van der Waals surface area contributed by atoms with Gasteiger partial charge in [-0.2, -0.15) is 0 Å². The molecule has 0 unspecified atom stereocenters. The van der Waals surface area contributed by atoms with E-state index in [2.05, 4.69) is 0 Å². The molecule has 0 spiro atoms. The van der Waals surface area contributed by atoms with E-state index in [0.717, 1.165) is 0 Å². The molecule has 4 rings (SSSR count). The number of allylic oxidation sites excluding steroid dienone is 1. The highest BCUT2D eigenvalue weighted by atomic mass is 16.5. The summed E-state index contributed by atoms with van der Waals surface area (Å²) in [5.41, 5.74) is 2.03. The lowest BCUT2D eigenvalue weighted by molar-refractivity contribution is -0.104. The number of aromatic hydroxyl groups is 2. The van der Waals surface area contributed by atoms with Gasteiger partial charge in [0, 0.05) is 16.7 Å². The van der Waals surface area contributed by atoms with Crippen LogP contribution in [0.5, 0.6) is 34.5 Å². The lowest BCUT2D eigenvalue weighted by atomic mass is 9.85. The second-order valence-electron chi connectivity index (χ2n) is 9.11. The number of carbonyl (C=O) groups excluding carboxylic acids is 2. The Morgan fingerprint density at radius 3 is 2.33 bits per heavy atom. The quantitative estimate of drug-likeness (QED) is 0.159. The number of aliphatic hydroxyl groups excluding tert-OH is 2. The van der Waals surface area contributed by atoms with Gasteiger partial charge in [0.15, 0.2) is 40.3 Å². The second kappa shape index (κ2) is 12.1. The number of ether oxygens (including phenoxy) is 4. The van der Waals surface area contributed by atoms with Gasteiger partial charge in [-0.25, -0.2) is 0 Å². The standard InChI is InChI=1S/C30H30O10/c1-37-24-12-17(6-7-23(24)34)27(35)21(14-32)19-11-18(13-25(38-2)28(19)36)29-22(15-33)20-9-16(5-4-8-31)10-26(39-3)30(20)40-29/h4-13,21-22,29,32-34,36H,14-15H2,1-3H3/b5-4-/t21-,22+,29-/m1/s1. The zero-order valence-electron chi connectivity index (χ0n) is 22.2. The summed E-state index contributed by atoms with van der Waals surface area (Å²) in [5, 5.41) is 41.6. The maximum Gasteiger partial charge on any atom is 0.172 e. The van der Waals surface area contributed by atoms with E-state index in [1.807, 2.05) is 0 Å². The van der Waals surface area contributed by atoms with E-state index in [4.69, 9.17) is 18.9 Å². The molecule has 3 aromatic carbocycles. The molecule has 3 atom stereocenters. The molecule has 1 aliphatic rings. The number of hydrogen-bond acceptors (Lipinski definition) is 10. The number of benzene rings is 3. The number of hydrogen-bond donors (Lipinski definition) is 4. The Hall–Kier alpha value is -4.54. The SMILES string of the molecule is COc1cc(C(=O)[C@H](CO)c2cc([C@H]3Oc4c(OC)cc(/C=C\C=O)cc4[C@@H]3CO)cc(OC)c2O)ccc1O. The van der Waals surface area contributed by atoms with Crippen LogP contribution in [-0.2, 0) is 4.79 Å². The fourth-order valence-electron chi connectivity index (χ4n) is 4.90. The topological polar surface area (TPSA) is 152 Å². The third-order valence-corrected chi connectivity index (χ3v) is 6.91. The van der Waals surface area contributed by atoms with Crippen LogP contribution in [0, 0.1) is 0 Å². The third kappa shape index (κ3) is 5.18.